The smallest absolute Gasteiger partial charge is 0.338 e. The molecule has 1 atom stereocenters. The minimum atomic E-state index is -0.598. The normalized spacial score (nSPS) is 15.7. The molecular weight excluding hydrogens is 458 g/mol. The first-order chi connectivity index (χ1) is 16.9. The van der Waals surface area contributed by atoms with E-state index in [9.17, 15) is 9.59 Å². The van der Waals surface area contributed by atoms with E-state index in [0.717, 1.165) is 28.2 Å². The summed E-state index contributed by atoms with van der Waals surface area (Å²) in [5.41, 5.74) is 5.76. The maximum Gasteiger partial charge on any atom is 0.338 e. The summed E-state index contributed by atoms with van der Waals surface area (Å²) in [5, 5.41) is 0. The fourth-order valence-electron chi connectivity index (χ4n) is 4.69. The molecule has 0 spiro atoms. The highest BCUT2D eigenvalue weighted by atomic mass is 32.1. The van der Waals surface area contributed by atoms with Gasteiger partial charge in [0.05, 0.1) is 29.0 Å². The lowest BCUT2D eigenvalue weighted by Gasteiger charge is -2.24. The molecular formula is C28H25N3O3S. The Bertz CT molecular complexity index is 1640. The maximum atomic E-state index is 13.7. The van der Waals surface area contributed by atoms with Crippen LogP contribution in [0.3, 0.4) is 0 Å². The quantitative estimate of drug-likeness (QED) is 0.415. The van der Waals surface area contributed by atoms with Gasteiger partial charge in [-0.1, -0.05) is 59.9 Å². The Morgan fingerprint density at radius 2 is 1.69 bits per heavy atom. The monoisotopic (exact) mass is 483 g/mol. The Morgan fingerprint density at radius 1 is 1.03 bits per heavy atom. The summed E-state index contributed by atoms with van der Waals surface area (Å²) in [7, 11) is 1.35. The van der Waals surface area contributed by atoms with Crippen molar-refractivity contribution >= 4 is 23.4 Å². The van der Waals surface area contributed by atoms with Crippen molar-refractivity contribution in [1.29, 1.82) is 0 Å². The Kier molecular flexibility index (Phi) is 5.86. The molecule has 176 valence electrons. The summed E-state index contributed by atoms with van der Waals surface area (Å²) >= 11 is 1.33. The van der Waals surface area contributed by atoms with E-state index < -0.39 is 12.0 Å². The van der Waals surface area contributed by atoms with Crippen molar-refractivity contribution in [3.63, 3.8) is 0 Å². The van der Waals surface area contributed by atoms with Crippen molar-refractivity contribution in [3.8, 4) is 5.69 Å². The molecule has 0 saturated heterocycles. The summed E-state index contributed by atoms with van der Waals surface area (Å²) in [6.07, 6.45) is 1.92. The number of hydrogen-bond acceptors (Lipinski definition) is 5. The fourth-order valence-corrected chi connectivity index (χ4v) is 5.73. The van der Waals surface area contributed by atoms with Crippen molar-refractivity contribution in [2.45, 2.75) is 26.8 Å². The Balaban J connectivity index is 1.71. The van der Waals surface area contributed by atoms with Crippen LogP contribution in [0.5, 0.6) is 0 Å². The highest BCUT2D eigenvalue weighted by molar-refractivity contribution is 7.07. The second-order valence-electron chi connectivity index (χ2n) is 8.48. The van der Waals surface area contributed by atoms with E-state index in [1.807, 2.05) is 54.6 Å². The molecule has 35 heavy (non-hydrogen) atoms. The average molecular weight is 484 g/mol. The number of benzene rings is 2. The average Bonchev–Trinajstić information content (AvgIpc) is 3.33. The number of methoxy groups -OCH3 is 1. The molecule has 0 bridgehead atoms. The number of carbonyl (C=O) groups excluding carboxylic acids is 1. The number of nitrogens with zero attached hydrogens (tertiary/aromatic N) is 3. The van der Waals surface area contributed by atoms with Gasteiger partial charge in [0.15, 0.2) is 4.80 Å². The molecule has 4 aromatic rings. The van der Waals surface area contributed by atoms with E-state index in [0.29, 0.717) is 20.6 Å². The van der Waals surface area contributed by atoms with Crippen LogP contribution in [-0.4, -0.2) is 22.2 Å². The van der Waals surface area contributed by atoms with E-state index in [1.165, 1.54) is 18.4 Å². The van der Waals surface area contributed by atoms with Crippen LogP contribution in [0.2, 0.25) is 0 Å². The van der Waals surface area contributed by atoms with Gasteiger partial charge >= 0.3 is 5.97 Å². The molecule has 6 nitrogen and oxygen atoms in total. The third-order valence-corrected chi connectivity index (χ3v) is 7.30. The second kappa shape index (κ2) is 9.00. The maximum absolute atomic E-state index is 13.7. The van der Waals surface area contributed by atoms with Crippen molar-refractivity contribution < 1.29 is 9.53 Å². The zero-order valence-corrected chi connectivity index (χ0v) is 20.8. The van der Waals surface area contributed by atoms with Gasteiger partial charge in [-0.3, -0.25) is 9.36 Å². The molecule has 1 unspecified atom stereocenters. The molecule has 0 fully saturated rings. The summed E-state index contributed by atoms with van der Waals surface area (Å²) in [5.74, 6) is -0.485. The van der Waals surface area contributed by atoms with Gasteiger partial charge in [0.2, 0.25) is 0 Å². The molecule has 2 aromatic heterocycles. The van der Waals surface area contributed by atoms with E-state index >= 15 is 0 Å². The van der Waals surface area contributed by atoms with Crippen LogP contribution in [0, 0.1) is 13.8 Å². The highest BCUT2D eigenvalue weighted by Crippen LogP contribution is 2.30. The predicted molar refractivity (Wildman–Crippen MR) is 137 cm³/mol. The molecule has 0 amide bonds. The first kappa shape index (κ1) is 22.8. The minimum Gasteiger partial charge on any atom is -0.466 e. The number of para-hydroxylation sites is 1. The lowest BCUT2D eigenvalue weighted by atomic mass is 9.96. The number of esters is 1. The number of aromatic nitrogens is 2. The SMILES string of the molecule is COC(=O)C1=C(C)N=c2sc(=Cc3cc(C)n(-c4ccccc4)c3C)c(=O)n2C1c1ccccc1. The number of ether oxygens (including phenoxy) is 1. The molecule has 2 aromatic carbocycles. The number of rotatable bonds is 4. The van der Waals surface area contributed by atoms with Gasteiger partial charge in [0.25, 0.3) is 5.56 Å². The van der Waals surface area contributed by atoms with Crippen LogP contribution < -0.4 is 14.9 Å². The molecule has 1 aliphatic rings. The molecule has 3 heterocycles. The number of hydrogen-bond donors (Lipinski definition) is 0. The van der Waals surface area contributed by atoms with Gasteiger partial charge in [-0.15, -0.1) is 0 Å². The highest BCUT2D eigenvalue weighted by Gasteiger charge is 2.32. The number of aryl methyl sites for hydroxylation is 1. The summed E-state index contributed by atoms with van der Waals surface area (Å²) in [4.78, 5) is 31.7. The minimum absolute atomic E-state index is 0.180. The van der Waals surface area contributed by atoms with E-state index in [-0.39, 0.29) is 5.56 Å². The number of allylic oxidation sites excluding steroid dienone is 1. The zero-order valence-electron chi connectivity index (χ0n) is 20.0. The van der Waals surface area contributed by atoms with Crippen molar-refractivity contribution in [2.24, 2.45) is 4.99 Å². The van der Waals surface area contributed by atoms with Gasteiger partial charge in [-0.2, -0.15) is 0 Å². The standard InChI is InChI=1S/C28H25N3O3S/c1-17-15-21(19(3)30(17)22-13-9-6-10-14-22)16-23-26(32)31-25(20-11-7-5-8-12-20)24(27(33)34-4)18(2)29-28(31)35-23/h5-16,25H,1-4H3. The van der Waals surface area contributed by atoms with E-state index in [4.69, 9.17) is 4.74 Å². The van der Waals surface area contributed by atoms with Crippen molar-refractivity contribution in [1.82, 2.24) is 9.13 Å². The topological polar surface area (TPSA) is 65.6 Å². The Morgan fingerprint density at radius 3 is 2.34 bits per heavy atom. The number of fused-ring (bicyclic) bond motifs is 1. The van der Waals surface area contributed by atoms with Crippen LogP contribution in [0.1, 0.15) is 35.5 Å². The Labute approximate surface area is 206 Å². The molecule has 0 aliphatic carbocycles. The second-order valence-corrected chi connectivity index (χ2v) is 9.49. The van der Waals surface area contributed by atoms with Gasteiger partial charge in [0, 0.05) is 17.1 Å². The first-order valence-electron chi connectivity index (χ1n) is 11.3. The fraction of sp³-hybridized carbons (Fsp3) is 0.179. The number of carbonyl (C=O) groups is 1. The van der Waals surface area contributed by atoms with Crippen LogP contribution in [0.25, 0.3) is 11.8 Å². The predicted octanol–water partition coefficient (Wildman–Crippen LogP) is 3.82. The van der Waals surface area contributed by atoms with E-state index in [2.05, 4.69) is 41.6 Å². The van der Waals surface area contributed by atoms with Crippen LogP contribution in [0.4, 0.5) is 0 Å². The summed E-state index contributed by atoms with van der Waals surface area (Å²) in [6, 6.07) is 21.2. The van der Waals surface area contributed by atoms with E-state index in [1.54, 1.807) is 11.5 Å². The molecule has 7 heteroatoms. The van der Waals surface area contributed by atoms with Gasteiger partial charge in [-0.25, -0.2) is 9.79 Å². The van der Waals surface area contributed by atoms with Gasteiger partial charge < -0.3 is 9.30 Å². The van der Waals surface area contributed by atoms with Gasteiger partial charge in [0.1, 0.15) is 0 Å². The first-order valence-corrected chi connectivity index (χ1v) is 12.1. The molecule has 0 N–H and O–H groups in total. The third kappa shape index (κ3) is 3.88. The van der Waals surface area contributed by atoms with Crippen LogP contribution in [0.15, 0.2) is 87.8 Å². The molecule has 5 rings (SSSR count). The lowest BCUT2D eigenvalue weighted by Crippen LogP contribution is -2.39. The lowest BCUT2D eigenvalue weighted by molar-refractivity contribution is -0.136. The summed E-state index contributed by atoms with van der Waals surface area (Å²) in [6.45, 7) is 5.89. The van der Waals surface area contributed by atoms with Crippen molar-refractivity contribution in [3.05, 3.63) is 120 Å². The largest absolute Gasteiger partial charge is 0.466 e. The Hall–Kier alpha value is -3.97. The third-order valence-electron chi connectivity index (χ3n) is 6.31. The molecule has 0 saturated carbocycles. The molecule has 0 radical (unpaired) electrons. The van der Waals surface area contributed by atoms with Crippen LogP contribution in [-0.2, 0) is 9.53 Å². The summed E-state index contributed by atoms with van der Waals surface area (Å²) < 4.78 is 9.42. The zero-order chi connectivity index (χ0) is 24.7. The number of thiazole rings is 1. The molecule has 1 aliphatic heterocycles. The van der Waals surface area contributed by atoms with Crippen molar-refractivity contribution in [2.75, 3.05) is 7.11 Å². The van der Waals surface area contributed by atoms with Gasteiger partial charge in [-0.05, 0) is 56.2 Å². The van der Waals surface area contributed by atoms with Crippen LogP contribution >= 0.6 is 11.3 Å².